The van der Waals surface area contributed by atoms with Gasteiger partial charge >= 0.3 is 0 Å². The van der Waals surface area contributed by atoms with Crippen molar-refractivity contribution in [1.29, 1.82) is 0 Å². The number of halogens is 1. The molecule has 0 saturated carbocycles. The van der Waals surface area contributed by atoms with Gasteiger partial charge in [-0.1, -0.05) is 26.0 Å². The minimum Gasteiger partial charge on any atom is -0.492 e. The molecule has 0 unspecified atom stereocenters. The number of thiophene rings is 1. The van der Waals surface area contributed by atoms with Gasteiger partial charge in [0.05, 0.1) is 0 Å². The first kappa shape index (κ1) is 15.5. The summed E-state index contributed by atoms with van der Waals surface area (Å²) in [5, 5.41) is 5.49. The average molecular weight is 354 g/mol. The Labute approximate surface area is 133 Å². The molecule has 1 N–H and O–H groups in total. The van der Waals surface area contributed by atoms with E-state index >= 15 is 0 Å². The molecule has 0 aliphatic rings. The van der Waals surface area contributed by atoms with Crippen LogP contribution in [0.15, 0.2) is 40.2 Å². The second kappa shape index (κ2) is 7.81. The zero-order chi connectivity index (χ0) is 14.4. The smallest absolute Gasteiger partial charge is 0.119 e. The van der Waals surface area contributed by atoms with Gasteiger partial charge in [-0.2, -0.15) is 0 Å². The minimum absolute atomic E-state index is 0.536. The Kier molecular flexibility index (Phi) is 6.07. The van der Waals surface area contributed by atoms with E-state index in [0.29, 0.717) is 12.5 Å². The molecular weight excluding hydrogens is 334 g/mol. The number of hydrogen-bond donors (Lipinski definition) is 1. The maximum Gasteiger partial charge on any atom is 0.119 e. The van der Waals surface area contributed by atoms with Crippen molar-refractivity contribution in [2.45, 2.75) is 26.3 Å². The Morgan fingerprint density at radius 3 is 2.85 bits per heavy atom. The summed E-state index contributed by atoms with van der Waals surface area (Å²) in [7, 11) is 0. The Bertz CT molecular complexity index is 539. The van der Waals surface area contributed by atoms with E-state index in [2.05, 4.69) is 64.7 Å². The maximum absolute atomic E-state index is 5.77. The van der Waals surface area contributed by atoms with Crippen molar-refractivity contribution in [2.24, 2.45) is 0 Å². The summed E-state index contributed by atoms with van der Waals surface area (Å²) in [6.45, 7) is 6.82. The topological polar surface area (TPSA) is 21.3 Å². The van der Waals surface area contributed by atoms with E-state index < -0.39 is 0 Å². The lowest BCUT2D eigenvalue weighted by molar-refractivity contribution is 0.313. The highest BCUT2D eigenvalue weighted by molar-refractivity contribution is 9.10. The van der Waals surface area contributed by atoms with Crippen LogP contribution in [0, 0.1) is 0 Å². The van der Waals surface area contributed by atoms with Crippen LogP contribution in [-0.4, -0.2) is 13.2 Å². The third kappa shape index (κ3) is 4.93. The SMILES string of the molecule is CC(C)c1cccc(OCCNCc2cc(Br)cs2)c1. The Hall–Kier alpha value is -0.840. The van der Waals surface area contributed by atoms with Crippen molar-refractivity contribution in [3.63, 3.8) is 0 Å². The molecule has 2 nitrogen and oxygen atoms in total. The number of benzene rings is 1. The van der Waals surface area contributed by atoms with E-state index in [-0.39, 0.29) is 0 Å². The van der Waals surface area contributed by atoms with Gasteiger partial charge in [-0.25, -0.2) is 0 Å². The quantitative estimate of drug-likeness (QED) is 0.721. The van der Waals surface area contributed by atoms with Gasteiger partial charge in [-0.05, 0) is 45.6 Å². The van der Waals surface area contributed by atoms with Gasteiger partial charge < -0.3 is 10.1 Å². The van der Waals surface area contributed by atoms with Gasteiger partial charge in [0.2, 0.25) is 0 Å². The summed E-state index contributed by atoms with van der Waals surface area (Å²) < 4.78 is 6.93. The van der Waals surface area contributed by atoms with Crippen LogP contribution in [0.5, 0.6) is 5.75 Å². The standard InChI is InChI=1S/C16H20BrNOS/c1-12(2)13-4-3-5-15(8-13)19-7-6-18-10-16-9-14(17)11-20-16/h3-5,8-9,11-12,18H,6-7,10H2,1-2H3. The zero-order valence-corrected chi connectivity index (χ0v) is 14.3. The first-order chi connectivity index (χ1) is 9.65. The molecule has 0 aliphatic carbocycles. The first-order valence-electron chi connectivity index (χ1n) is 6.81. The fourth-order valence-electron chi connectivity index (χ4n) is 1.86. The van der Waals surface area contributed by atoms with Crippen molar-refractivity contribution in [3.8, 4) is 5.75 Å². The molecule has 0 radical (unpaired) electrons. The van der Waals surface area contributed by atoms with Gasteiger partial charge in [0.25, 0.3) is 0 Å². The Balaban J connectivity index is 1.69. The summed E-state index contributed by atoms with van der Waals surface area (Å²) >= 11 is 5.22. The lowest BCUT2D eigenvalue weighted by atomic mass is 10.0. The molecule has 20 heavy (non-hydrogen) atoms. The van der Waals surface area contributed by atoms with Crippen molar-refractivity contribution >= 4 is 27.3 Å². The highest BCUT2D eigenvalue weighted by Gasteiger charge is 2.01. The molecule has 0 saturated heterocycles. The molecular formula is C16H20BrNOS. The van der Waals surface area contributed by atoms with Gasteiger partial charge in [-0.15, -0.1) is 11.3 Å². The predicted octanol–water partition coefficient (Wildman–Crippen LogP) is 4.80. The molecule has 2 aromatic rings. The lowest BCUT2D eigenvalue weighted by Crippen LogP contribution is -2.20. The van der Waals surface area contributed by atoms with E-state index in [9.17, 15) is 0 Å². The average Bonchev–Trinajstić information content (AvgIpc) is 2.84. The Morgan fingerprint density at radius 1 is 1.30 bits per heavy atom. The molecule has 0 bridgehead atoms. The van der Waals surface area contributed by atoms with Crippen molar-refractivity contribution in [1.82, 2.24) is 5.32 Å². The summed E-state index contributed by atoms with van der Waals surface area (Å²) in [4.78, 5) is 1.33. The molecule has 0 fully saturated rings. The van der Waals surface area contributed by atoms with E-state index in [1.165, 1.54) is 10.4 Å². The summed E-state index contributed by atoms with van der Waals surface area (Å²) in [5.74, 6) is 1.49. The summed E-state index contributed by atoms with van der Waals surface area (Å²) in [5.41, 5.74) is 1.32. The fourth-order valence-corrected chi connectivity index (χ4v) is 3.28. The molecule has 108 valence electrons. The van der Waals surface area contributed by atoms with Gasteiger partial charge in [0, 0.05) is 27.8 Å². The van der Waals surface area contributed by atoms with Crippen LogP contribution in [0.4, 0.5) is 0 Å². The van der Waals surface area contributed by atoms with E-state index in [1.807, 2.05) is 6.07 Å². The van der Waals surface area contributed by atoms with Crippen LogP contribution in [-0.2, 0) is 6.54 Å². The van der Waals surface area contributed by atoms with Crippen molar-refractivity contribution in [3.05, 3.63) is 50.6 Å². The van der Waals surface area contributed by atoms with E-state index in [4.69, 9.17) is 4.74 Å². The monoisotopic (exact) mass is 353 g/mol. The minimum atomic E-state index is 0.536. The van der Waals surface area contributed by atoms with Gasteiger partial charge in [0.15, 0.2) is 0 Å². The summed E-state index contributed by atoms with van der Waals surface area (Å²) in [6, 6.07) is 10.5. The van der Waals surface area contributed by atoms with Crippen molar-refractivity contribution in [2.75, 3.05) is 13.2 Å². The molecule has 0 amide bonds. The molecule has 4 heteroatoms. The highest BCUT2D eigenvalue weighted by Crippen LogP contribution is 2.20. The number of nitrogens with one attached hydrogen (secondary N) is 1. The maximum atomic E-state index is 5.77. The van der Waals surface area contributed by atoms with Gasteiger partial charge in [0.1, 0.15) is 12.4 Å². The second-order valence-corrected chi connectivity index (χ2v) is 6.90. The van der Waals surface area contributed by atoms with Gasteiger partial charge in [-0.3, -0.25) is 0 Å². The molecule has 0 aliphatic heterocycles. The normalized spacial score (nSPS) is 11.0. The second-order valence-electron chi connectivity index (χ2n) is 4.98. The summed E-state index contributed by atoms with van der Waals surface area (Å²) in [6.07, 6.45) is 0. The van der Waals surface area contributed by atoms with Crippen LogP contribution in [0.3, 0.4) is 0 Å². The Morgan fingerprint density at radius 2 is 2.15 bits per heavy atom. The van der Waals surface area contributed by atoms with Crippen LogP contribution >= 0.6 is 27.3 Å². The molecule has 1 aromatic carbocycles. The molecule has 1 aromatic heterocycles. The highest BCUT2D eigenvalue weighted by atomic mass is 79.9. The van der Waals surface area contributed by atoms with E-state index in [1.54, 1.807) is 11.3 Å². The molecule has 2 rings (SSSR count). The number of hydrogen-bond acceptors (Lipinski definition) is 3. The zero-order valence-electron chi connectivity index (χ0n) is 11.9. The molecule has 0 atom stereocenters. The van der Waals surface area contributed by atoms with Crippen LogP contribution in [0.25, 0.3) is 0 Å². The lowest BCUT2D eigenvalue weighted by Gasteiger charge is -2.10. The van der Waals surface area contributed by atoms with E-state index in [0.717, 1.165) is 23.3 Å². The van der Waals surface area contributed by atoms with Crippen molar-refractivity contribution < 1.29 is 4.74 Å². The molecule has 1 heterocycles. The third-order valence-electron chi connectivity index (χ3n) is 2.99. The predicted molar refractivity (Wildman–Crippen MR) is 89.8 cm³/mol. The number of rotatable bonds is 7. The fraction of sp³-hybridized carbons (Fsp3) is 0.375. The van der Waals surface area contributed by atoms with Crippen LogP contribution in [0.1, 0.15) is 30.2 Å². The number of ether oxygens (including phenoxy) is 1. The van der Waals surface area contributed by atoms with Crippen LogP contribution < -0.4 is 10.1 Å². The largest absolute Gasteiger partial charge is 0.492 e. The van der Waals surface area contributed by atoms with Crippen LogP contribution in [0.2, 0.25) is 0 Å². The third-order valence-corrected chi connectivity index (χ3v) is 4.69. The first-order valence-corrected chi connectivity index (χ1v) is 8.49. The molecule has 0 spiro atoms.